The molecule has 1 saturated heterocycles. The lowest BCUT2D eigenvalue weighted by atomic mass is 10.1. The van der Waals surface area contributed by atoms with Gasteiger partial charge in [-0.25, -0.2) is 12.7 Å². The predicted octanol–water partition coefficient (Wildman–Crippen LogP) is 1.38. The highest BCUT2D eigenvalue weighted by molar-refractivity contribution is 7.88. The molecule has 0 saturated carbocycles. The van der Waals surface area contributed by atoms with Gasteiger partial charge in [-0.2, -0.15) is 0 Å². The Balaban J connectivity index is 2.65. The zero-order valence-corrected chi connectivity index (χ0v) is 9.10. The number of allylic oxidation sites excluding steroid dienone is 1. The summed E-state index contributed by atoms with van der Waals surface area (Å²) < 4.78 is 24.1. The van der Waals surface area contributed by atoms with Crippen molar-refractivity contribution in [2.24, 2.45) is 0 Å². The van der Waals surface area contributed by atoms with Crippen LogP contribution in [-0.2, 0) is 10.0 Å². The molecular weight excluding hydrogens is 186 g/mol. The molecule has 4 heteroatoms. The second-order valence-corrected chi connectivity index (χ2v) is 5.44. The van der Waals surface area contributed by atoms with Gasteiger partial charge in [-0.3, -0.25) is 0 Å². The molecule has 1 heterocycles. The van der Waals surface area contributed by atoms with Crippen LogP contribution >= 0.6 is 0 Å². The molecule has 0 N–H and O–H groups in total. The van der Waals surface area contributed by atoms with Crippen molar-refractivity contribution < 1.29 is 8.42 Å². The van der Waals surface area contributed by atoms with Crippen LogP contribution in [0.4, 0.5) is 0 Å². The van der Waals surface area contributed by atoms with E-state index in [4.69, 9.17) is 0 Å². The van der Waals surface area contributed by atoms with E-state index >= 15 is 0 Å². The molecule has 0 aromatic heterocycles. The normalized spacial score (nSPS) is 24.6. The SMILES string of the molecule is CC=C1CCCN(S(C)(=O)=O)CC1. The predicted molar refractivity (Wildman–Crippen MR) is 54.0 cm³/mol. The minimum absolute atomic E-state index is 0.651. The first-order chi connectivity index (χ1) is 6.04. The molecule has 0 spiro atoms. The maximum absolute atomic E-state index is 11.2. The fourth-order valence-corrected chi connectivity index (χ4v) is 2.49. The Morgan fingerprint density at radius 3 is 2.54 bits per heavy atom. The highest BCUT2D eigenvalue weighted by atomic mass is 32.2. The van der Waals surface area contributed by atoms with Gasteiger partial charge in [0, 0.05) is 13.1 Å². The van der Waals surface area contributed by atoms with Crippen molar-refractivity contribution in [3.63, 3.8) is 0 Å². The van der Waals surface area contributed by atoms with E-state index in [2.05, 4.69) is 6.08 Å². The molecule has 0 unspecified atom stereocenters. The third-order valence-electron chi connectivity index (χ3n) is 2.46. The summed E-state index contributed by atoms with van der Waals surface area (Å²) >= 11 is 0. The molecule has 13 heavy (non-hydrogen) atoms. The average molecular weight is 203 g/mol. The Kier molecular flexibility index (Phi) is 3.50. The van der Waals surface area contributed by atoms with E-state index in [0.717, 1.165) is 19.3 Å². The van der Waals surface area contributed by atoms with E-state index < -0.39 is 10.0 Å². The lowest BCUT2D eigenvalue weighted by molar-refractivity contribution is 0.430. The van der Waals surface area contributed by atoms with Crippen LogP contribution in [0.15, 0.2) is 11.6 Å². The Labute approximate surface area is 80.5 Å². The quantitative estimate of drug-likeness (QED) is 0.604. The maximum Gasteiger partial charge on any atom is 0.211 e. The Bertz CT molecular complexity index is 293. The molecule has 0 radical (unpaired) electrons. The fourth-order valence-electron chi connectivity index (χ4n) is 1.61. The molecule has 3 nitrogen and oxygen atoms in total. The van der Waals surface area contributed by atoms with Crippen LogP contribution in [0, 0.1) is 0 Å². The smallest absolute Gasteiger partial charge is 0.211 e. The van der Waals surface area contributed by atoms with Crippen LogP contribution in [0.2, 0.25) is 0 Å². The van der Waals surface area contributed by atoms with Gasteiger partial charge in [0.25, 0.3) is 0 Å². The number of rotatable bonds is 1. The molecular formula is C9H17NO2S. The molecule has 0 aromatic carbocycles. The molecule has 0 atom stereocenters. The minimum atomic E-state index is -2.97. The van der Waals surface area contributed by atoms with Crippen molar-refractivity contribution in [3.05, 3.63) is 11.6 Å². The average Bonchev–Trinajstić information content (AvgIpc) is 2.26. The monoisotopic (exact) mass is 203 g/mol. The van der Waals surface area contributed by atoms with Crippen LogP contribution < -0.4 is 0 Å². The molecule has 0 aliphatic carbocycles. The topological polar surface area (TPSA) is 37.4 Å². The largest absolute Gasteiger partial charge is 0.213 e. The second kappa shape index (κ2) is 4.24. The standard InChI is InChI=1S/C9H17NO2S/c1-3-9-5-4-7-10(8-6-9)13(2,11)12/h3H,4-8H2,1-2H3. The van der Waals surface area contributed by atoms with Gasteiger partial charge in [-0.15, -0.1) is 0 Å². The van der Waals surface area contributed by atoms with E-state index in [-0.39, 0.29) is 0 Å². The summed E-state index contributed by atoms with van der Waals surface area (Å²) in [5.41, 5.74) is 1.38. The highest BCUT2D eigenvalue weighted by Crippen LogP contribution is 2.17. The van der Waals surface area contributed by atoms with Crippen LogP contribution in [0.1, 0.15) is 26.2 Å². The summed E-state index contributed by atoms with van der Waals surface area (Å²) in [6.07, 6.45) is 6.28. The second-order valence-electron chi connectivity index (χ2n) is 3.46. The van der Waals surface area contributed by atoms with Gasteiger partial charge in [-0.05, 0) is 26.2 Å². The van der Waals surface area contributed by atoms with E-state index in [1.54, 1.807) is 4.31 Å². The number of hydrogen-bond donors (Lipinski definition) is 0. The lowest BCUT2D eigenvalue weighted by Crippen LogP contribution is -2.30. The van der Waals surface area contributed by atoms with Crippen molar-refractivity contribution in [1.29, 1.82) is 0 Å². The molecule has 1 aliphatic rings. The minimum Gasteiger partial charge on any atom is -0.213 e. The van der Waals surface area contributed by atoms with Gasteiger partial charge < -0.3 is 0 Å². The maximum atomic E-state index is 11.2. The Morgan fingerprint density at radius 2 is 2.00 bits per heavy atom. The first-order valence-electron chi connectivity index (χ1n) is 4.63. The van der Waals surface area contributed by atoms with E-state index in [9.17, 15) is 8.42 Å². The first-order valence-corrected chi connectivity index (χ1v) is 6.48. The van der Waals surface area contributed by atoms with Crippen molar-refractivity contribution in [2.45, 2.75) is 26.2 Å². The van der Waals surface area contributed by atoms with Gasteiger partial charge in [0.05, 0.1) is 6.26 Å². The lowest BCUT2D eigenvalue weighted by Gasteiger charge is -2.16. The van der Waals surface area contributed by atoms with Gasteiger partial charge >= 0.3 is 0 Å². The van der Waals surface area contributed by atoms with Gasteiger partial charge in [0.2, 0.25) is 10.0 Å². The molecule has 0 bridgehead atoms. The summed E-state index contributed by atoms with van der Waals surface area (Å²) in [4.78, 5) is 0. The highest BCUT2D eigenvalue weighted by Gasteiger charge is 2.18. The van der Waals surface area contributed by atoms with Crippen molar-refractivity contribution >= 4 is 10.0 Å². The van der Waals surface area contributed by atoms with Crippen molar-refractivity contribution in [1.82, 2.24) is 4.31 Å². The van der Waals surface area contributed by atoms with Gasteiger partial charge in [0.1, 0.15) is 0 Å². The molecule has 76 valence electrons. The van der Waals surface area contributed by atoms with E-state index in [1.807, 2.05) is 6.92 Å². The summed E-state index contributed by atoms with van der Waals surface area (Å²) in [6, 6.07) is 0. The molecule has 1 rings (SSSR count). The summed E-state index contributed by atoms with van der Waals surface area (Å²) in [7, 11) is -2.97. The third-order valence-corrected chi connectivity index (χ3v) is 3.77. The van der Waals surface area contributed by atoms with E-state index in [0.29, 0.717) is 13.1 Å². The zero-order chi connectivity index (χ0) is 9.90. The molecule has 1 fully saturated rings. The molecule has 1 aliphatic heterocycles. The molecule has 0 amide bonds. The Hall–Kier alpha value is -0.350. The van der Waals surface area contributed by atoms with E-state index in [1.165, 1.54) is 11.8 Å². The van der Waals surface area contributed by atoms with Gasteiger partial charge in [-0.1, -0.05) is 11.6 Å². The summed E-state index contributed by atoms with van der Waals surface area (Å²) in [5.74, 6) is 0. The summed E-state index contributed by atoms with van der Waals surface area (Å²) in [5, 5.41) is 0. The van der Waals surface area contributed by atoms with Crippen molar-refractivity contribution in [2.75, 3.05) is 19.3 Å². The fraction of sp³-hybridized carbons (Fsp3) is 0.778. The van der Waals surface area contributed by atoms with Crippen LogP contribution in [-0.4, -0.2) is 32.1 Å². The number of nitrogens with zero attached hydrogens (tertiary/aromatic N) is 1. The third kappa shape index (κ3) is 3.12. The zero-order valence-electron chi connectivity index (χ0n) is 8.28. The summed E-state index contributed by atoms with van der Waals surface area (Å²) in [6.45, 7) is 3.35. The first kappa shape index (κ1) is 10.7. The number of sulfonamides is 1. The van der Waals surface area contributed by atoms with Crippen LogP contribution in [0.5, 0.6) is 0 Å². The van der Waals surface area contributed by atoms with Crippen LogP contribution in [0.3, 0.4) is 0 Å². The number of hydrogen-bond acceptors (Lipinski definition) is 2. The van der Waals surface area contributed by atoms with Crippen molar-refractivity contribution in [3.8, 4) is 0 Å². The Morgan fingerprint density at radius 1 is 1.31 bits per heavy atom. The molecule has 0 aromatic rings. The van der Waals surface area contributed by atoms with Gasteiger partial charge in [0.15, 0.2) is 0 Å². The van der Waals surface area contributed by atoms with Crippen LogP contribution in [0.25, 0.3) is 0 Å².